The van der Waals surface area contributed by atoms with Crippen molar-refractivity contribution in [3.8, 4) is 6.07 Å². The second-order valence-electron chi connectivity index (χ2n) is 5.84. The molecule has 0 aliphatic heterocycles. The third-order valence-corrected chi connectivity index (χ3v) is 4.12. The first-order valence-electron chi connectivity index (χ1n) is 7.86. The van der Waals surface area contributed by atoms with Gasteiger partial charge in [0, 0.05) is 22.5 Å². The van der Waals surface area contributed by atoms with Gasteiger partial charge < -0.3 is 5.32 Å². The number of fused-ring (bicyclic) bond motifs is 1. The second-order valence-corrected chi connectivity index (χ2v) is 5.84. The molecule has 11 heteroatoms. The Hall–Kier alpha value is -4.20. The lowest BCUT2D eigenvalue weighted by molar-refractivity contribution is -0.394. The first-order chi connectivity index (χ1) is 13.6. The number of nitrogens with one attached hydrogen (secondary N) is 1. The Morgan fingerprint density at radius 3 is 2.17 bits per heavy atom. The maximum Gasteiger partial charge on any atom is 0.418 e. The largest absolute Gasteiger partial charge is 0.418 e. The van der Waals surface area contributed by atoms with Gasteiger partial charge in [-0.15, -0.1) is 0 Å². The molecule has 146 valence electrons. The Bertz CT molecular complexity index is 1200. The molecule has 0 fully saturated rings. The van der Waals surface area contributed by atoms with Crippen LogP contribution in [0.4, 0.5) is 35.9 Å². The molecule has 0 aromatic heterocycles. The summed E-state index contributed by atoms with van der Waals surface area (Å²) in [6.45, 7) is 0. The van der Waals surface area contributed by atoms with Crippen LogP contribution in [0.2, 0.25) is 0 Å². The third kappa shape index (κ3) is 3.63. The van der Waals surface area contributed by atoms with Gasteiger partial charge in [-0.2, -0.15) is 18.4 Å². The summed E-state index contributed by atoms with van der Waals surface area (Å²) in [6, 6.07) is 11.6. The minimum atomic E-state index is -5.10. The van der Waals surface area contributed by atoms with Crippen LogP contribution in [0.5, 0.6) is 0 Å². The number of nitriles is 1. The summed E-state index contributed by atoms with van der Waals surface area (Å²) in [5.74, 6) is 0. The molecule has 0 atom stereocenters. The predicted octanol–water partition coefficient (Wildman–Crippen LogP) is 5.29. The fourth-order valence-electron chi connectivity index (χ4n) is 2.86. The van der Waals surface area contributed by atoms with Crippen LogP contribution in [0.1, 0.15) is 11.1 Å². The number of benzene rings is 3. The number of hydrogen-bond donors (Lipinski definition) is 1. The van der Waals surface area contributed by atoms with Crippen molar-refractivity contribution in [3.63, 3.8) is 0 Å². The van der Waals surface area contributed by atoms with Crippen molar-refractivity contribution < 1.29 is 23.0 Å². The minimum Gasteiger partial charge on any atom is -0.349 e. The number of nitro benzene ring substituents is 2. The van der Waals surface area contributed by atoms with Crippen molar-refractivity contribution in [1.29, 1.82) is 5.26 Å². The third-order valence-electron chi connectivity index (χ3n) is 4.12. The number of rotatable bonds is 4. The van der Waals surface area contributed by atoms with E-state index < -0.39 is 38.6 Å². The van der Waals surface area contributed by atoms with Crippen LogP contribution in [0, 0.1) is 31.6 Å². The number of nitro groups is 2. The quantitative estimate of drug-likeness (QED) is 0.467. The highest BCUT2D eigenvalue weighted by molar-refractivity contribution is 5.99. The highest BCUT2D eigenvalue weighted by Crippen LogP contribution is 2.44. The van der Waals surface area contributed by atoms with E-state index in [1.807, 2.05) is 6.07 Å². The van der Waals surface area contributed by atoms with E-state index in [1.54, 1.807) is 18.2 Å². The SMILES string of the molecule is N#Cc1ccc(Nc2c([N+](=O)[O-])cc([N+](=O)[O-])cc2C(F)(F)F)c2ccccc12. The maximum absolute atomic E-state index is 13.5. The monoisotopic (exact) mass is 402 g/mol. The van der Waals surface area contributed by atoms with Crippen LogP contribution in [-0.2, 0) is 6.18 Å². The molecule has 0 saturated carbocycles. The smallest absolute Gasteiger partial charge is 0.349 e. The molecule has 0 saturated heterocycles. The molecule has 3 aromatic rings. The molecular weight excluding hydrogens is 393 g/mol. The Balaban J connectivity index is 2.30. The zero-order valence-electron chi connectivity index (χ0n) is 14.2. The highest BCUT2D eigenvalue weighted by atomic mass is 19.4. The van der Waals surface area contributed by atoms with Crippen molar-refractivity contribution >= 4 is 33.5 Å². The zero-order chi connectivity index (χ0) is 21.3. The molecule has 3 aromatic carbocycles. The van der Waals surface area contributed by atoms with E-state index in [4.69, 9.17) is 0 Å². The van der Waals surface area contributed by atoms with Crippen LogP contribution in [-0.4, -0.2) is 9.85 Å². The van der Waals surface area contributed by atoms with E-state index >= 15 is 0 Å². The maximum atomic E-state index is 13.5. The summed E-state index contributed by atoms with van der Waals surface area (Å²) in [6.07, 6.45) is -5.10. The Labute approximate surface area is 160 Å². The summed E-state index contributed by atoms with van der Waals surface area (Å²) < 4.78 is 40.6. The van der Waals surface area contributed by atoms with Crippen LogP contribution in [0.25, 0.3) is 10.8 Å². The van der Waals surface area contributed by atoms with Gasteiger partial charge in [-0.25, -0.2) is 0 Å². The molecule has 0 radical (unpaired) electrons. The molecule has 0 amide bonds. The lowest BCUT2D eigenvalue weighted by atomic mass is 10.0. The lowest BCUT2D eigenvalue weighted by Gasteiger charge is -2.16. The summed E-state index contributed by atoms with van der Waals surface area (Å²) in [5.41, 5.74) is -4.29. The normalized spacial score (nSPS) is 11.1. The molecule has 1 N–H and O–H groups in total. The predicted molar refractivity (Wildman–Crippen MR) is 96.7 cm³/mol. The van der Waals surface area contributed by atoms with Crippen molar-refractivity contribution in [3.05, 3.63) is 79.9 Å². The molecule has 0 aliphatic carbocycles. The standard InChI is InChI=1S/C18H9F3N4O4/c19-18(20,21)14-7-11(24(26)27)8-16(25(28)29)17(14)23-15-6-5-10(9-22)12-3-1-2-4-13(12)15/h1-8,23H. The van der Waals surface area contributed by atoms with Gasteiger partial charge in [0.15, 0.2) is 0 Å². The average Bonchev–Trinajstić information content (AvgIpc) is 2.67. The number of non-ortho nitro benzene ring substituents is 1. The molecule has 0 heterocycles. The first kappa shape index (κ1) is 19.6. The Morgan fingerprint density at radius 2 is 1.62 bits per heavy atom. The molecule has 0 unspecified atom stereocenters. The topological polar surface area (TPSA) is 122 Å². The number of nitrogens with zero attached hydrogens (tertiary/aromatic N) is 3. The van der Waals surface area contributed by atoms with Gasteiger partial charge in [-0.05, 0) is 12.1 Å². The van der Waals surface area contributed by atoms with E-state index in [0.717, 1.165) is 0 Å². The van der Waals surface area contributed by atoms with Crippen molar-refractivity contribution in [1.82, 2.24) is 0 Å². The molecule has 0 spiro atoms. The van der Waals surface area contributed by atoms with Gasteiger partial charge in [0.2, 0.25) is 0 Å². The summed E-state index contributed by atoms with van der Waals surface area (Å²) in [4.78, 5) is 20.0. The van der Waals surface area contributed by atoms with Gasteiger partial charge in [0.05, 0.1) is 33.1 Å². The van der Waals surface area contributed by atoms with E-state index in [-0.39, 0.29) is 17.3 Å². The van der Waals surface area contributed by atoms with Gasteiger partial charge in [0.1, 0.15) is 5.69 Å². The van der Waals surface area contributed by atoms with Gasteiger partial charge >= 0.3 is 6.18 Å². The molecule has 29 heavy (non-hydrogen) atoms. The van der Waals surface area contributed by atoms with Crippen molar-refractivity contribution in [2.75, 3.05) is 5.32 Å². The Kier molecular flexibility index (Phi) is 4.78. The van der Waals surface area contributed by atoms with Crippen LogP contribution < -0.4 is 5.32 Å². The fraction of sp³-hybridized carbons (Fsp3) is 0.0556. The fourth-order valence-corrected chi connectivity index (χ4v) is 2.86. The van der Waals surface area contributed by atoms with Gasteiger partial charge in [-0.3, -0.25) is 20.2 Å². The highest BCUT2D eigenvalue weighted by Gasteiger charge is 2.39. The number of hydrogen-bond acceptors (Lipinski definition) is 6. The molecule has 0 bridgehead atoms. The van der Waals surface area contributed by atoms with Crippen LogP contribution in [0.15, 0.2) is 48.5 Å². The van der Waals surface area contributed by atoms with Crippen molar-refractivity contribution in [2.45, 2.75) is 6.18 Å². The number of halogens is 3. The summed E-state index contributed by atoms with van der Waals surface area (Å²) >= 11 is 0. The summed E-state index contributed by atoms with van der Waals surface area (Å²) in [5, 5.41) is 34.7. The average molecular weight is 402 g/mol. The second kappa shape index (κ2) is 7.08. The summed E-state index contributed by atoms with van der Waals surface area (Å²) in [7, 11) is 0. The van der Waals surface area contributed by atoms with Crippen LogP contribution in [0.3, 0.4) is 0 Å². The van der Waals surface area contributed by atoms with E-state index in [2.05, 4.69) is 5.32 Å². The molecular formula is C18H9F3N4O4. The zero-order valence-corrected chi connectivity index (χ0v) is 14.2. The molecule has 3 rings (SSSR count). The van der Waals surface area contributed by atoms with Gasteiger partial charge in [-0.1, -0.05) is 24.3 Å². The first-order valence-corrected chi connectivity index (χ1v) is 7.86. The molecule has 8 nitrogen and oxygen atoms in total. The minimum absolute atomic E-state index is 0.0713. The lowest BCUT2D eigenvalue weighted by Crippen LogP contribution is -2.12. The number of alkyl halides is 3. The van der Waals surface area contributed by atoms with E-state index in [0.29, 0.717) is 16.8 Å². The number of anilines is 2. The van der Waals surface area contributed by atoms with Crippen molar-refractivity contribution in [2.24, 2.45) is 0 Å². The Morgan fingerprint density at radius 1 is 0.966 bits per heavy atom. The molecule has 0 aliphatic rings. The van der Waals surface area contributed by atoms with Crippen LogP contribution >= 0.6 is 0 Å². The van der Waals surface area contributed by atoms with E-state index in [9.17, 15) is 38.7 Å². The van der Waals surface area contributed by atoms with Gasteiger partial charge in [0.25, 0.3) is 11.4 Å². The van der Waals surface area contributed by atoms with E-state index in [1.165, 1.54) is 18.2 Å².